The molecule has 0 aliphatic heterocycles. The number of thiophene rings is 2. The molecule has 8 aromatic carbocycles. The van der Waals surface area contributed by atoms with E-state index in [1.807, 2.05) is 17.4 Å². The van der Waals surface area contributed by atoms with Gasteiger partial charge in [0.15, 0.2) is 0 Å². The normalized spacial score (nSPS) is 11.8. The first kappa shape index (κ1) is 30.1. The van der Waals surface area contributed by atoms with Gasteiger partial charge in [-0.3, -0.25) is 0 Å². The van der Waals surface area contributed by atoms with Crippen molar-refractivity contribution in [3.63, 3.8) is 0 Å². The first-order chi connectivity index (χ1) is 26.2. The van der Waals surface area contributed by atoms with E-state index in [0.717, 1.165) is 26.8 Å². The van der Waals surface area contributed by atoms with E-state index in [9.17, 15) is 5.26 Å². The number of aromatic nitrogens is 1. The van der Waals surface area contributed by atoms with E-state index < -0.39 is 0 Å². The van der Waals surface area contributed by atoms with Crippen LogP contribution in [0.25, 0.3) is 101 Å². The molecule has 11 aromatic rings. The summed E-state index contributed by atoms with van der Waals surface area (Å²) in [6.45, 7) is 0. The molecule has 0 saturated heterocycles. The van der Waals surface area contributed by atoms with E-state index in [1.54, 1.807) is 11.3 Å². The Balaban J connectivity index is 1.22. The van der Waals surface area contributed by atoms with Gasteiger partial charge in [-0.1, -0.05) is 121 Å². The lowest BCUT2D eigenvalue weighted by atomic mass is 9.94. The van der Waals surface area contributed by atoms with E-state index in [1.165, 1.54) is 74.4 Å². The summed E-state index contributed by atoms with van der Waals surface area (Å²) in [5.41, 5.74) is 11.3. The highest BCUT2D eigenvalue weighted by molar-refractivity contribution is 7.27. The van der Waals surface area contributed by atoms with Gasteiger partial charge in [0.1, 0.15) is 6.07 Å². The predicted octanol–water partition coefficient (Wildman–Crippen LogP) is 14.4. The number of hydrogen-bond donors (Lipinski definition) is 0. The van der Waals surface area contributed by atoms with Crippen molar-refractivity contribution in [1.82, 2.24) is 4.57 Å². The third-order valence-corrected chi connectivity index (χ3v) is 13.1. The Morgan fingerprint density at radius 1 is 0.415 bits per heavy atom. The minimum atomic E-state index is 0.709. The zero-order valence-corrected chi connectivity index (χ0v) is 30.0. The van der Waals surface area contributed by atoms with E-state index in [0.29, 0.717) is 5.56 Å². The largest absolute Gasteiger partial charge is 0.308 e. The molecule has 0 radical (unpaired) electrons. The maximum atomic E-state index is 10.4. The van der Waals surface area contributed by atoms with Gasteiger partial charge in [-0.2, -0.15) is 5.26 Å². The van der Waals surface area contributed by atoms with Gasteiger partial charge < -0.3 is 4.57 Å². The molecule has 53 heavy (non-hydrogen) atoms. The summed E-state index contributed by atoms with van der Waals surface area (Å²) in [4.78, 5) is 0. The van der Waals surface area contributed by atoms with Gasteiger partial charge in [-0.05, 0) is 81.9 Å². The minimum absolute atomic E-state index is 0.709. The van der Waals surface area contributed by atoms with Crippen LogP contribution in [-0.4, -0.2) is 4.57 Å². The lowest BCUT2D eigenvalue weighted by molar-refractivity contribution is 1.20. The van der Waals surface area contributed by atoms with Crippen LogP contribution in [0, 0.1) is 11.3 Å². The maximum absolute atomic E-state index is 10.4. The maximum Gasteiger partial charge on any atom is 0.101 e. The van der Waals surface area contributed by atoms with Crippen molar-refractivity contribution >= 4 is 84.8 Å². The van der Waals surface area contributed by atoms with Gasteiger partial charge in [0.05, 0.1) is 31.7 Å². The fourth-order valence-electron chi connectivity index (χ4n) is 8.28. The molecule has 0 N–H and O–H groups in total. The fraction of sp³-hybridized carbons (Fsp3) is 0. The Kier molecular flexibility index (Phi) is 6.69. The van der Waals surface area contributed by atoms with Crippen molar-refractivity contribution in [1.29, 1.82) is 5.26 Å². The quantitative estimate of drug-likeness (QED) is 0.179. The van der Waals surface area contributed by atoms with Gasteiger partial charge in [0.2, 0.25) is 0 Å². The van der Waals surface area contributed by atoms with E-state index >= 15 is 0 Å². The van der Waals surface area contributed by atoms with Gasteiger partial charge in [0, 0.05) is 41.7 Å². The SMILES string of the molecule is N#Cc1ccc(-c2cccc3sc4ccccc4c23)c2c1sc1c(-n3c4ccc(-c5ccccc5)cc4c4cc(-c5ccccc5)ccc43)cccc12. The Morgan fingerprint density at radius 3 is 1.72 bits per heavy atom. The van der Waals surface area contributed by atoms with Crippen LogP contribution in [0.2, 0.25) is 0 Å². The predicted molar refractivity (Wildman–Crippen MR) is 228 cm³/mol. The number of rotatable bonds is 4. The van der Waals surface area contributed by atoms with Crippen LogP contribution in [0.1, 0.15) is 5.56 Å². The Hall–Kier alpha value is -6.51. The van der Waals surface area contributed by atoms with Crippen LogP contribution in [0.3, 0.4) is 0 Å². The Labute approximate surface area is 313 Å². The molecule has 3 aromatic heterocycles. The second-order valence-corrected chi connectivity index (χ2v) is 15.6. The lowest BCUT2D eigenvalue weighted by Gasteiger charge is -2.11. The summed E-state index contributed by atoms with van der Waals surface area (Å²) in [6, 6.07) is 63.7. The van der Waals surface area contributed by atoms with Crippen LogP contribution in [0.5, 0.6) is 0 Å². The number of nitriles is 1. The molecule has 0 atom stereocenters. The molecule has 0 unspecified atom stereocenters. The highest BCUT2D eigenvalue weighted by atomic mass is 32.1. The van der Waals surface area contributed by atoms with E-state index in [2.05, 4.69) is 174 Å². The van der Waals surface area contributed by atoms with E-state index in [4.69, 9.17) is 0 Å². The van der Waals surface area contributed by atoms with Crippen LogP contribution in [-0.2, 0) is 0 Å². The summed E-state index contributed by atoms with van der Waals surface area (Å²) < 4.78 is 7.20. The molecule has 0 fully saturated rings. The van der Waals surface area contributed by atoms with Crippen LogP contribution in [0.15, 0.2) is 170 Å². The van der Waals surface area contributed by atoms with Crippen molar-refractivity contribution in [2.75, 3.05) is 0 Å². The molecule has 0 saturated carbocycles. The monoisotopic (exact) mass is 708 g/mol. The smallest absolute Gasteiger partial charge is 0.101 e. The summed E-state index contributed by atoms with van der Waals surface area (Å²) in [6.07, 6.45) is 0. The van der Waals surface area contributed by atoms with Crippen molar-refractivity contribution in [3.05, 3.63) is 175 Å². The fourth-order valence-corrected chi connectivity index (χ4v) is 10.7. The molecule has 0 aliphatic rings. The third-order valence-electron chi connectivity index (χ3n) is 10.7. The van der Waals surface area contributed by atoms with E-state index in [-0.39, 0.29) is 0 Å². The van der Waals surface area contributed by atoms with Gasteiger partial charge in [0.25, 0.3) is 0 Å². The lowest BCUT2D eigenvalue weighted by Crippen LogP contribution is -1.94. The molecule has 0 amide bonds. The molecule has 0 spiro atoms. The molecule has 246 valence electrons. The van der Waals surface area contributed by atoms with Crippen molar-refractivity contribution in [3.8, 4) is 45.1 Å². The Bertz CT molecular complexity index is 3190. The van der Waals surface area contributed by atoms with Crippen molar-refractivity contribution in [2.45, 2.75) is 0 Å². The average Bonchev–Trinajstić information content (AvgIpc) is 3.91. The second-order valence-electron chi connectivity index (χ2n) is 13.5. The summed E-state index contributed by atoms with van der Waals surface area (Å²) >= 11 is 3.57. The molecule has 0 aliphatic carbocycles. The zero-order valence-electron chi connectivity index (χ0n) is 28.4. The number of hydrogen-bond acceptors (Lipinski definition) is 3. The highest BCUT2D eigenvalue weighted by Gasteiger charge is 2.22. The van der Waals surface area contributed by atoms with Gasteiger partial charge in [-0.25, -0.2) is 0 Å². The highest BCUT2D eigenvalue weighted by Crippen LogP contribution is 2.48. The van der Waals surface area contributed by atoms with Gasteiger partial charge >= 0.3 is 0 Å². The molecular formula is C49H28N2S2. The summed E-state index contributed by atoms with van der Waals surface area (Å²) in [5.74, 6) is 0. The second kappa shape index (κ2) is 11.8. The summed E-state index contributed by atoms with van der Waals surface area (Å²) in [5, 5.41) is 17.7. The molecular weight excluding hydrogens is 681 g/mol. The first-order valence-electron chi connectivity index (χ1n) is 17.7. The zero-order chi connectivity index (χ0) is 35.0. The molecule has 3 heterocycles. The van der Waals surface area contributed by atoms with Crippen LogP contribution in [0.4, 0.5) is 0 Å². The molecule has 11 rings (SSSR count). The van der Waals surface area contributed by atoms with Crippen LogP contribution < -0.4 is 0 Å². The molecule has 0 bridgehead atoms. The van der Waals surface area contributed by atoms with Gasteiger partial charge in [-0.15, -0.1) is 22.7 Å². The van der Waals surface area contributed by atoms with Crippen molar-refractivity contribution in [2.24, 2.45) is 0 Å². The Morgan fingerprint density at radius 2 is 1.02 bits per heavy atom. The number of nitrogens with zero attached hydrogens (tertiary/aromatic N) is 2. The molecule has 2 nitrogen and oxygen atoms in total. The molecule has 4 heteroatoms. The average molecular weight is 709 g/mol. The van der Waals surface area contributed by atoms with Crippen LogP contribution >= 0.6 is 22.7 Å². The minimum Gasteiger partial charge on any atom is -0.308 e. The summed E-state index contributed by atoms with van der Waals surface area (Å²) in [7, 11) is 0. The first-order valence-corrected chi connectivity index (χ1v) is 19.4. The number of fused-ring (bicyclic) bond motifs is 9. The topological polar surface area (TPSA) is 28.7 Å². The van der Waals surface area contributed by atoms with Crippen molar-refractivity contribution < 1.29 is 0 Å². The third kappa shape index (κ3) is 4.55. The number of benzene rings is 8. The standard InChI is InChI=1S/C49H28N2S2/c50-29-34-21-24-36(35-16-10-20-45-46(35)37-15-7-8-19-44(37)52-45)47-38-17-9-18-43(49(38)53-48(34)47)51-41-25-22-32(30-11-3-1-4-12-30)27-39(41)40-28-33(23-26-42(40)51)31-13-5-2-6-14-31/h1-28H.